The van der Waals surface area contributed by atoms with Crippen LogP contribution in [0.3, 0.4) is 0 Å². The van der Waals surface area contributed by atoms with Crippen LogP contribution in [0.5, 0.6) is 5.75 Å². The van der Waals surface area contributed by atoms with Gasteiger partial charge in [-0.3, -0.25) is 0 Å². The summed E-state index contributed by atoms with van der Waals surface area (Å²) in [6.07, 6.45) is 16.7. The number of methoxy groups -OCH3 is 1. The number of benzene rings is 1. The summed E-state index contributed by atoms with van der Waals surface area (Å²) in [6, 6.07) is 13.2. The fourth-order valence-electron chi connectivity index (χ4n) is 5.01. The second kappa shape index (κ2) is 8.61. The zero-order chi connectivity index (χ0) is 17.8. The zero-order valence-electron chi connectivity index (χ0n) is 16.1. The van der Waals surface area contributed by atoms with Gasteiger partial charge >= 0.3 is 0 Å². The van der Waals surface area contributed by atoms with E-state index in [4.69, 9.17) is 4.74 Å². The Labute approximate surface area is 159 Å². The SMILES string of the molecule is COc1ccccc1-n1cccc1P(C1CCCCC1)C1CCCCC1. The van der Waals surface area contributed by atoms with Crippen LogP contribution < -0.4 is 10.2 Å². The first-order chi connectivity index (χ1) is 12.9. The minimum Gasteiger partial charge on any atom is -0.495 e. The Hall–Kier alpha value is -1.27. The molecule has 0 unspecified atom stereocenters. The lowest BCUT2D eigenvalue weighted by molar-refractivity contribution is 0.413. The first-order valence-corrected chi connectivity index (χ1v) is 12.0. The molecule has 0 amide bonds. The Balaban J connectivity index is 1.73. The molecule has 1 heterocycles. The van der Waals surface area contributed by atoms with Crippen molar-refractivity contribution in [3.05, 3.63) is 42.6 Å². The maximum Gasteiger partial charge on any atom is 0.142 e. The van der Waals surface area contributed by atoms with Crippen LogP contribution in [-0.2, 0) is 0 Å². The molecule has 1 aromatic heterocycles. The fraction of sp³-hybridized carbons (Fsp3) is 0.565. The van der Waals surface area contributed by atoms with Crippen molar-refractivity contribution in [2.75, 3.05) is 7.11 Å². The molecular weight excluding hydrogens is 337 g/mol. The summed E-state index contributed by atoms with van der Waals surface area (Å²) < 4.78 is 8.13. The lowest BCUT2D eigenvalue weighted by Crippen LogP contribution is -2.29. The number of ether oxygens (including phenoxy) is 1. The van der Waals surface area contributed by atoms with Crippen LogP contribution in [-0.4, -0.2) is 23.0 Å². The van der Waals surface area contributed by atoms with Crippen LogP contribution in [0.2, 0.25) is 0 Å². The smallest absolute Gasteiger partial charge is 0.142 e. The first kappa shape index (κ1) is 18.1. The largest absolute Gasteiger partial charge is 0.495 e. The van der Waals surface area contributed by atoms with Gasteiger partial charge in [-0.25, -0.2) is 0 Å². The van der Waals surface area contributed by atoms with E-state index in [0.29, 0.717) is 0 Å². The molecule has 0 spiro atoms. The van der Waals surface area contributed by atoms with E-state index in [-0.39, 0.29) is 7.92 Å². The van der Waals surface area contributed by atoms with Crippen molar-refractivity contribution in [1.29, 1.82) is 0 Å². The highest BCUT2D eigenvalue weighted by molar-refractivity contribution is 7.66. The summed E-state index contributed by atoms with van der Waals surface area (Å²) in [4.78, 5) is 0. The molecule has 0 N–H and O–H groups in total. The summed E-state index contributed by atoms with van der Waals surface area (Å²) >= 11 is 0. The van der Waals surface area contributed by atoms with E-state index >= 15 is 0 Å². The lowest BCUT2D eigenvalue weighted by atomic mass is 9.99. The monoisotopic (exact) mass is 369 g/mol. The molecular formula is C23H32NOP. The maximum atomic E-state index is 5.68. The third-order valence-corrected chi connectivity index (χ3v) is 9.77. The molecule has 0 radical (unpaired) electrons. The first-order valence-electron chi connectivity index (χ1n) is 10.5. The van der Waals surface area contributed by atoms with Gasteiger partial charge in [0.2, 0.25) is 0 Å². The van der Waals surface area contributed by atoms with Gasteiger partial charge < -0.3 is 9.30 Å². The molecule has 4 rings (SSSR count). The van der Waals surface area contributed by atoms with Crippen LogP contribution in [0.1, 0.15) is 64.2 Å². The van der Waals surface area contributed by atoms with Crippen molar-refractivity contribution in [2.45, 2.75) is 75.5 Å². The second-order valence-corrected chi connectivity index (χ2v) is 10.6. The van der Waals surface area contributed by atoms with Crippen LogP contribution >= 0.6 is 7.92 Å². The number of hydrogen-bond donors (Lipinski definition) is 0. The fourth-order valence-corrected chi connectivity index (χ4v) is 8.87. The molecule has 2 fully saturated rings. The number of aromatic nitrogens is 1. The van der Waals surface area contributed by atoms with Crippen LogP contribution in [0.4, 0.5) is 0 Å². The highest BCUT2D eigenvalue weighted by Gasteiger charge is 2.34. The van der Waals surface area contributed by atoms with Gasteiger partial charge in [0.05, 0.1) is 12.8 Å². The predicted molar refractivity (Wildman–Crippen MR) is 113 cm³/mol. The van der Waals surface area contributed by atoms with E-state index in [1.165, 1.54) is 69.9 Å². The standard InChI is InChI=1S/C23H32NOP/c1-25-22-16-9-8-15-21(22)24-18-10-17-23(24)26(19-11-4-2-5-12-19)20-13-6-3-7-14-20/h8-10,15-20H,2-7,11-14H2,1H3. The summed E-state index contributed by atoms with van der Waals surface area (Å²) in [5.41, 5.74) is 4.63. The third kappa shape index (κ3) is 3.72. The third-order valence-electron chi connectivity index (χ3n) is 6.27. The molecule has 3 heteroatoms. The Bertz CT molecular complexity index is 680. The van der Waals surface area contributed by atoms with E-state index < -0.39 is 0 Å². The number of hydrogen-bond acceptors (Lipinski definition) is 1. The normalized spacial score (nSPS) is 19.8. The van der Waals surface area contributed by atoms with Crippen LogP contribution in [0.15, 0.2) is 42.6 Å². The number of rotatable bonds is 5. The quantitative estimate of drug-likeness (QED) is 0.568. The molecule has 2 nitrogen and oxygen atoms in total. The molecule has 0 saturated heterocycles. The van der Waals surface area contributed by atoms with Crippen molar-refractivity contribution >= 4 is 13.4 Å². The Morgan fingerprint density at radius 3 is 2.04 bits per heavy atom. The van der Waals surface area contributed by atoms with Gasteiger partial charge in [-0.05, 0) is 61.3 Å². The molecule has 2 saturated carbocycles. The minimum absolute atomic E-state index is 0.109. The molecule has 0 atom stereocenters. The van der Waals surface area contributed by atoms with Crippen molar-refractivity contribution in [2.24, 2.45) is 0 Å². The van der Waals surface area contributed by atoms with E-state index in [0.717, 1.165) is 17.1 Å². The Morgan fingerprint density at radius 2 is 1.42 bits per heavy atom. The maximum absolute atomic E-state index is 5.68. The topological polar surface area (TPSA) is 14.2 Å². The molecule has 0 bridgehead atoms. The molecule has 2 aliphatic rings. The predicted octanol–water partition coefficient (Wildman–Crippen LogP) is 6.26. The van der Waals surface area contributed by atoms with E-state index in [9.17, 15) is 0 Å². The Kier molecular flexibility index (Phi) is 6.00. The summed E-state index contributed by atoms with van der Waals surface area (Å²) in [6.45, 7) is 0. The molecule has 1 aromatic carbocycles. The van der Waals surface area contributed by atoms with Crippen molar-refractivity contribution < 1.29 is 4.74 Å². The van der Waals surface area contributed by atoms with Gasteiger partial charge in [-0.1, -0.05) is 58.6 Å². The van der Waals surface area contributed by atoms with Gasteiger partial charge in [-0.2, -0.15) is 0 Å². The van der Waals surface area contributed by atoms with Crippen molar-refractivity contribution in [1.82, 2.24) is 4.57 Å². The number of para-hydroxylation sites is 2. The molecule has 26 heavy (non-hydrogen) atoms. The Morgan fingerprint density at radius 1 is 0.808 bits per heavy atom. The zero-order valence-corrected chi connectivity index (χ0v) is 17.0. The van der Waals surface area contributed by atoms with Gasteiger partial charge in [-0.15, -0.1) is 0 Å². The number of nitrogens with zero attached hydrogens (tertiary/aromatic N) is 1. The van der Waals surface area contributed by atoms with Crippen molar-refractivity contribution in [3.63, 3.8) is 0 Å². The van der Waals surface area contributed by atoms with Gasteiger partial charge in [0, 0.05) is 11.6 Å². The average Bonchev–Trinajstić information content (AvgIpc) is 3.19. The van der Waals surface area contributed by atoms with E-state index in [1.807, 2.05) is 0 Å². The molecule has 140 valence electrons. The average molecular weight is 369 g/mol. The minimum atomic E-state index is -0.109. The second-order valence-electron chi connectivity index (χ2n) is 7.90. The van der Waals surface area contributed by atoms with Crippen LogP contribution in [0.25, 0.3) is 5.69 Å². The summed E-state index contributed by atoms with van der Waals surface area (Å²) in [5, 5.41) is 0. The van der Waals surface area contributed by atoms with E-state index in [2.05, 4.69) is 47.2 Å². The highest BCUT2D eigenvalue weighted by Crippen LogP contribution is 2.55. The molecule has 0 aliphatic heterocycles. The highest BCUT2D eigenvalue weighted by atomic mass is 31.1. The van der Waals surface area contributed by atoms with Gasteiger partial charge in [0.1, 0.15) is 5.75 Å². The van der Waals surface area contributed by atoms with Gasteiger partial charge in [0.15, 0.2) is 0 Å². The summed E-state index contributed by atoms with van der Waals surface area (Å²) in [5.74, 6) is 0.979. The summed E-state index contributed by atoms with van der Waals surface area (Å²) in [7, 11) is 1.68. The molecule has 2 aliphatic carbocycles. The van der Waals surface area contributed by atoms with E-state index in [1.54, 1.807) is 12.5 Å². The molecule has 2 aromatic rings. The van der Waals surface area contributed by atoms with Gasteiger partial charge in [0.25, 0.3) is 0 Å². The lowest BCUT2D eigenvalue weighted by Gasteiger charge is -2.39. The van der Waals surface area contributed by atoms with Crippen molar-refractivity contribution in [3.8, 4) is 11.4 Å². The van der Waals surface area contributed by atoms with Crippen LogP contribution in [0, 0.1) is 0 Å².